The standard InChI is InChI=1S/Be.Ce.H4Si.Y.2H/h;;1H4;;;. The van der Waals surface area contributed by atoms with Crippen molar-refractivity contribution in [2.45, 2.75) is 0 Å². The molecular formula is H6BeCeSiY. The Balaban J connectivity index is 0. The van der Waals surface area contributed by atoms with Gasteiger partial charge in [0.05, 0.1) is 0 Å². The van der Waals surface area contributed by atoms with Crippen LogP contribution in [0.3, 0.4) is 0 Å². The van der Waals surface area contributed by atoms with Gasteiger partial charge in [0, 0.05) is 74.5 Å². The third kappa shape index (κ3) is 8.85. The van der Waals surface area contributed by atoms with E-state index in [9.17, 15) is 0 Å². The second kappa shape index (κ2) is 16.9. The monoisotopic (exact) mass is 272 g/mol. The molecule has 0 aliphatic rings. The van der Waals surface area contributed by atoms with Crippen LogP contribution < -0.4 is 0 Å². The van der Waals surface area contributed by atoms with Crippen molar-refractivity contribution >= 4 is 21.1 Å². The van der Waals surface area contributed by atoms with Crippen molar-refractivity contribution in [3.8, 4) is 0 Å². The van der Waals surface area contributed by atoms with Gasteiger partial charge in [0.2, 0.25) is 0 Å². The summed E-state index contributed by atoms with van der Waals surface area (Å²) in [6, 6.07) is 0. The molecule has 4 heteroatoms. The van der Waals surface area contributed by atoms with E-state index in [1.165, 1.54) is 0 Å². The topological polar surface area (TPSA) is 0 Å². The van der Waals surface area contributed by atoms with E-state index in [0.29, 0.717) is 0 Å². The first kappa shape index (κ1) is 28.8. The Hall–Kier alpha value is 2.87. The molecule has 0 aromatic rings. The van der Waals surface area contributed by atoms with Gasteiger partial charge in [0.25, 0.3) is 0 Å². The predicted molar refractivity (Wildman–Crippen MR) is 19.9 cm³/mol. The Morgan fingerprint density at radius 3 is 1.00 bits per heavy atom. The maximum absolute atomic E-state index is 0. The molecule has 0 saturated heterocycles. The average Bonchev–Trinajstić information content (AvgIpc) is 0. The third-order valence-corrected chi connectivity index (χ3v) is 0. The minimum Gasteiger partial charge on any atom is -0.0149 e. The maximum Gasteiger partial charge on any atom is 0 e. The summed E-state index contributed by atoms with van der Waals surface area (Å²) in [7, 11) is 0. The molecule has 0 aromatic heterocycles. The molecule has 0 atom stereocenters. The Bertz CT molecular complexity index is 8.00. The van der Waals surface area contributed by atoms with E-state index in [2.05, 4.69) is 0 Å². The summed E-state index contributed by atoms with van der Waals surface area (Å²) in [5.74, 6) is 0. The van der Waals surface area contributed by atoms with E-state index in [1.54, 1.807) is 0 Å². The van der Waals surface area contributed by atoms with Gasteiger partial charge in [-0.2, -0.15) is 0 Å². The second-order valence-corrected chi connectivity index (χ2v) is 0. The SMILES string of the molecule is [BeH2].[Ce].[SiH4].[Y]. The molecule has 1 radical (unpaired) electrons. The number of hydrogen-bond acceptors (Lipinski definition) is 0. The molecule has 0 amide bonds. The molecule has 19 valence electrons. The average molecular weight is 272 g/mol. The minimum atomic E-state index is 0. The van der Waals surface area contributed by atoms with Gasteiger partial charge in [-0.15, -0.1) is 0 Å². The molecule has 0 unspecified atom stereocenters. The van der Waals surface area contributed by atoms with Gasteiger partial charge < -0.3 is 0 Å². The van der Waals surface area contributed by atoms with Crippen LogP contribution in [0.5, 0.6) is 0 Å². The zero-order valence-electron chi connectivity index (χ0n) is 1.08. The van der Waals surface area contributed by atoms with Crippen molar-refractivity contribution in [3.05, 3.63) is 0 Å². The first-order valence-electron chi connectivity index (χ1n) is 0. The zero-order valence-corrected chi connectivity index (χ0v) is 7.06. The van der Waals surface area contributed by atoms with Gasteiger partial charge >= 0.3 is 10.1 Å². The molecule has 0 spiro atoms. The third-order valence-electron chi connectivity index (χ3n) is 0. The smallest absolute Gasteiger partial charge is 0 e. The molecule has 0 fully saturated rings. The van der Waals surface area contributed by atoms with Crippen molar-refractivity contribution in [2.75, 3.05) is 0 Å². The van der Waals surface area contributed by atoms with Crippen LogP contribution in [0, 0.1) is 41.7 Å². The van der Waals surface area contributed by atoms with Crippen LogP contribution in [-0.2, 0) is 32.7 Å². The molecule has 0 heterocycles. The van der Waals surface area contributed by atoms with Gasteiger partial charge in [-0.1, -0.05) is 0 Å². The molecule has 0 aliphatic carbocycles. The van der Waals surface area contributed by atoms with E-state index in [4.69, 9.17) is 0 Å². The first-order chi connectivity index (χ1) is 0. The minimum absolute atomic E-state index is 0. The Labute approximate surface area is 93.4 Å². The summed E-state index contributed by atoms with van der Waals surface area (Å²) in [5, 5.41) is 0. The largest absolute Gasteiger partial charge is 0.0149 e. The van der Waals surface area contributed by atoms with Gasteiger partial charge in [0.15, 0.2) is 0 Å². The van der Waals surface area contributed by atoms with Gasteiger partial charge in [-0.3, -0.25) is 0 Å². The predicted octanol–water partition coefficient (Wildman–Crippen LogP) is -2.37. The molecule has 0 N–H and O–H groups in total. The molecule has 0 nitrogen and oxygen atoms in total. The molecule has 0 aromatic carbocycles. The number of hydrogen-bond donors (Lipinski definition) is 0. The summed E-state index contributed by atoms with van der Waals surface area (Å²) < 4.78 is 0. The quantitative estimate of drug-likeness (QED) is 0.432. The van der Waals surface area contributed by atoms with Gasteiger partial charge in [-0.25, -0.2) is 0 Å². The van der Waals surface area contributed by atoms with Crippen molar-refractivity contribution in [1.82, 2.24) is 0 Å². The fourth-order valence-electron chi connectivity index (χ4n) is 0. The van der Waals surface area contributed by atoms with Crippen molar-refractivity contribution in [2.24, 2.45) is 0 Å². The Kier molecular flexibility index (Phi) is 122. The van der Waals surface area contributed by atoms with Crippen LogP contribution in [0.25, 0.3) is 0 Å². The fraction of sp³-hybridized carbons (Fsp3) is 0. The van der Waals surface area contributed by atoms with E-state index in [-0.39, 0.29) is 95.5 Å². The van der Waals surface area contributed by atoms with Crippen molar-refractivity contribution < 1.29 is 74.5 Å². The van der Waals surface area contributed by atoms with Crippen LogP contribution in [0.1, 0.15) is 0 Å². The van der Waals surface area contributed by atoms with Crippen LogP contribution in [0.4, 0.5) is 0 Å². The summed E-state index contributed by atoms with van der Waals surface area (Å²) >= 11 is 0. The maximum atomic E-state index is 0. The normalized spacial score (nSPS) is 0. The summed E-state index contributed by atoms with van der Waals surface area (Å²) in [6.07, 6.45) is 0. The Morgan fingerprint density at radius 2 is 1.00 bits per heavy atom. The van der Waals surface area contributed by atoms with Gasteiger partial charge in [0.1, 0.15) is 0 Å². The van der Waals surface area contributed by atoms with Crippen LogP contribution in [0.15, 0.2) is 0 Å². The van der Waals surface area contributed by atoms with E-state index in [0.717, 1.165) is 0 Å². The molecule has 0 aliphatic heterocycles. The number of rotatable bonds is 0. The molecule has 0 rings (SSSR count). The first-order valence-corrected chi connectivity index (χ1v) is 0. The molecule has 0 bridgehead atoms. The van der Waals surface area contributed by atoms with Crippen LogP contribution in [0.2, 0.25) is 0 Å². The Morgan fingerprint density at radius 1 is 1.00 bits per heavy atom. The van der Waals surface area contributed by atoms with E-state index in [1.807, 2.05) is 0 Å². The summed E-state index contributed by atoms with van der Waals surface area (Å²) in [5.41, 5.74) is 0. The zero-order chi connectivity index (χ0) is 0. The molecular weight excluding hydrogens is 266 g/mol. The van der Waals surface area contributed by atoms with E-state index >= 15 is 0 Å². The second-order valence-electron chi connectivity index (χ2n) is 0. The van der Waals surface area contributed by atoms with Crippen LogP contribution >= 0.6 is 0 Å². The van der Waals surface area contributed by atoms with E-state index < -0.39 is 0 Å². The van der Waals surface area contributed by atoms with Gasteiger partial charge in [-0.05, 0) is 11.0 Å². The summed E-state index contributed by atoms with van der Waals surface area (Å²) in [4.78, 5) is 0. The van der Waals surface area contributed by atoms with Crippen molar-refractivity contribution in [3.63, 3.8) is 0 Å². The molecule has 4 heavy (non-hydrogen) atoms. The molecule has 0 saturated carbocycles. The van der Waals surface area contributed by atoms with Crippen molar-refractivity contribution in [1.29, 1.82) is 0 Å². The fourth-order valence-corrected chi connectivity index (χ4v) is 0. The summed E-state index contributed by atoms with van der Waals surface area (Å²) in [6.45, 7) is 0. The van der Waals surface area contributed by atoms with Crippen LogP contribution in [-0.4, -0.2) is 21.1 Å².